The molecule has 2 aromatic rings. The van der Waals surface area contributed by atoms with Crippen LogP contribution in [0.3, 0.4) is 0 Å². The summed E-state index contributed by atoms with van der Waals surface area (Å²) in [5, 5.41) is 9.47. The highest BCUT2D eigenvalue weighted by Crippen LogP contribution is 2.33. The monoisotopic (exact) mass is 324 g/mol. The largest absolute Gasteiger partial charge is 0.339 e. The Bertz CT molecular complexity index is 748. The van der Waals surface area contributed by atoms with Crippen molar-refractivity contribution in [1.29, 1.82) is 0 Å². The van der Waals surface area contributed by atoms with Gasteiger partial charge in [-0.05, 0) is 36.2 Å². The van der Waals surface area contributed by atoms with E-state index in [1.165, 1.54) is 11.8 Å². The number of hydrogen-bond donors (Lipinski definition) is 2. The number of fused-ring (bicyclic) bond motifs is 1. The van der Waals surface area contributed by atoms with Gasteiger partial charge >= 0.3 is 6.03 Å². The molecule has 2 amide bonds. The number of urea groups is 1. The van der Waals surface area contributed by atoms with E-state index in [4.69, 9.17) is 4.52 Å². The second kappa shape index (κ2) is 7.97. The van der Waals surface area contributed by atoms with E-state index in [0.29, 0.717) is 11.7 Å². The molecular weight excluding hydrogens is 304 g/mol. The zero-order valence-corrected chi connectivity index (χ0v) is 13.6. The summed E-state index contributed by atoms with van der Waals surface area (Å²) >= 11 is 0. The number of nitrogens with zero attached hydrogens (tertiary/aromatic N) is 2. The topological polar surface area (TPSA) is 80.0 Å². The van der Waals surface area contributed by atoms with Gasteiger partial charge < -0.3 is 15.2 Å². The van der Waals surface area contributed by atoms with E-state index >= 15 is 0 Å². The minimum absolute atomic E-state index is 0.0282. The minimum atomic E-state index is -0.234. The van der Waals surface area contributed by atoms with E-state index in [1.807, 2.05) is 19.1 Å². The van der Waals surface area contributed by atoms with Crippen LogP contribution in [0.2, 0.25) is 0 Å². The molecule has 1 aromatic heterocycles. The predicted octanol–water partition coefficient (Wildman–Crippen LogP) is 2.98. The molecule has 0 radical (unpaired) electrons. The van der Waals surface area contributed by atoms with Crippen LogP contribution in [-0.2, 0) is 12.8 Å². The molecule has 6 nitrogen and oxygen atoms in total. The fourth-order valence-electron chi connectivity index (χ4n) is 2.71. The first-order valence-corrected chi connectivity index (χ1v) is 7.68. The van der Waals surface area contributed by atoms with E-state index in [2.05, 4.69) is 46.3 Å². The van der Waals surface area contributed by atoms with Crippen molar-refractivity contribution >= 4 is 6.03 Å². The number of aromatic nitrogens is 2. The van der Waals surface area contributed by atoms with Gasteiger partial charge in [0.1, 0.15) is 0 Å². The molecule has 1 atom stereocenters. The van der Waals surface area contributed by atoms with Crippen LogP contribution < -0.4 is 10.6 Å². The molecule has 1 unspecified atom stereocenters. The van der Waals surface area contributed by atoms with Crippen molar-refractivity contribution in [1.82, 2.24) is 20.8 Å². The lowest BCUT2D eigenvalue weighted by Crippen LogP contribution is -2.34. The van der Waals surface area contributed by atoms with E-state index in [1.54, 1.807) is 0 Å². The average Bonchev–Trinajstić information content (AvgIpc) is 3.24. The standard InChI is InChI=1S/C16H18N4O2.C2H2/c1-3-14-19-15(20-22-14)11-5-7-12-10(9-11)6-8-13(12)18-16(21)17-4-2;1-2/h4-5,7,9,13H,2-3,6,8H2,1H3,(H2,17,18,21);1-2H. The number of aryl methyl sites for hydroxylation is 2. The lowest BCUT2D eigenvalue weighted by atomic mass is 10.0. The van der Waals surface area contributed by atoms with Crippen molar-refractivity contribution in [3.8, 4) is 24.2 Å². The van der Waals surface area contributed by atoms with Gasteiger partial charge in [-0.25, -0.2) is 4.79 Å². The smallest absolute Gasteiger partial charge is 0.319 e. The Morgan fingerprint density at radius 1 is 1.50 bits per heavy atom. The number of amides is 2. The molecule has 0 saturated heterocycles. The summed E-state index contributed by atoms with van der Waals surface area (Å²) in [4.78, 5) is 16.0. The van der Waals surface area contributed by atoms with Gasteiger partial charge in [0.15, 0.2) is 0 Å². The molecule has 0 bridgehead atoms. The molecule has 2 N–H and O–H groups in total. The van der Waals surface area contributed by atoms with Crippen LogP contribution in [0.15, 0.2) is 35.5 Å². The lowest BCUT2D eigenvalue weighted by molar-refractivity contribution is 0.240. The second-order valence-electron chi connectivity index (χ2n) is 5.19. The van der Waals surface area contributed by atoms with Crippen LogP contribution in [-0.4, -0.2) is 16.2 Å². The van der Waals surface area contributed by atoms with Crippen molar-refractivity contribution in [3.63, 3.8) is 0 Å². The highest BCUT2D eigenvalue weighted by atomic mass is 16.5. The molecular formula is C18H20N4O2. The first kappa shape index (κ1) is 17.3. The Morgan fingerprint density at radius 2 is 2.29 bits per heavy atom. The normalized spacial score (nSPS) is 14.9. The molecule has 124 valence electrons. The highest BCUT2D eigenvalue weighted by molar-refractivity contribution is 5.75. The first-order valence-electron chi connectivity index (χ1n) is 7.68. The van der Waals surface area contributed by atoms with Crippen molar-refractivity contribution in [2.75, 3.05) is 0 Å². The number of carbonyl (C=O) groups is 1. The molecule has 1 aliphatic carbocycles. The van der Waals surface area contributed by atoms with Crippen LogP contribution >= 0.6 is 0 Å². The summed E-state index contributed by atoms with van der Waals surface area (Å²) in [5.41, 5.74) is 3.30. The van der Waals surface area contributed by atoms with Crippen LogP contribution in [0.4, 0.5) is 4.79 Å². The Balaban J connectivity index is 0.00000100. The lowest BCUT2D eigenvalue weighted by Gasteiger charge is -2.13. The summed E-state index contributed by atoms with van der Waals surface area (Å²) in [6.07, 6.45) is 11.9. The molecule has 1 aliphatic rings. The molecule has 3 rings (SSSR count). The highest BCUT2D eigenvalue weighted by Gasteiger charge is 2.24. The van der Waals surface area contributed by atoms with Gasteiger partial charge in [0.05, 0.1) is 6.04 Å². The Labute approximate surface area is 141 Å². The third-order valence-electron chi connectivity index (χ3n) is 3.79. The SMILES string of the molecule is C#C.C=CNC(=O)NC1CCc2cc(-c3noc(CC)n3)ccc21. The second-order valence-corrected chi connectivity index (χ2v) is 5.19. The molecule has 6 heteroatoms. The first-order chi connectivity index (χ1) is 11.7. The number of carbonyl (C=O) groups excluding carboxylic acids is 1. The number of hydrogen-bond acceptors (Lipinski definition) is 4. The van der Waals surface area contributed by atoms with Gasteiger partial charge in [0.2, 0.25) is 11.7 Å². The molecule has 0 spiro atoms. The fourth-order valence-corrected chi connectivity index (χ4v) is 2.71. The van der Waals surface area contributed by atoms with Crippen LogP contribution in [0.1, 0.15) is 36.4 Å². The molecule has 1 aromatic carbocycles. The maximum atomic E-state index is 11.6. The zero-order valence-electron chi connectivity index (χ0n) is 13.6. The average molecular weight is 324 g/mol. The summed E-state index contributed by atoms with van der Waals surface area (Å²) in [6, 6.07) is 5.86. The molecule has 0 saturated carbocycles. The third kappa shape index (κ3) is 3.63. The third-order valence-corrected chi connectivity index (χ3v) is 3.79. The minimum Gasteiger partial charge on any atom is -0.339 e. The molecule has 1 heterocycles. The van der Waals surface area contributed by atoms with Gasteiger partial charge in [0, 0.05) is 12.0 Å². The quantitative estimate of drug-likeness (QED) is 0.847. The van der Waals surface area contributed by atoms with Gasteiger partial charge in [-0.3, -0.25) is 0 Å². The summed E-state index contributed by atoms with van der Waals surface area (Å²) in [5.74, 6) is 1.25. The predicted molar refractivity (Wildman–Crippen MR) is 91.9 cm³/mol. The number of rotatable bonds is 4. The van der Waals surface area contributed by atoms with E-state index in [-0.39, 0.29) is 12.1 Å². The van der Waals surface area contributed by atoms with Gasteiger partial charge in [-0.2, -0.15) is 4.98 Å². The fraction of sp³-hybridized carbons (Fsp3) is 0.278. The zero-order chi connectivity index (χ0) is 17.5. The van der Waals surface area contributed by atoms with E-state index in [0.717, 1.165) is 30.4 Å². The van der Waals surface area contributed by atoms with Gasteiger partial charge in [-0.15, -0.1) is 12.8 Å². The number of nitrogens with one attached hydrogen (secondary N) is 2. The van der Waals surface area contributed by atoms with E-state index in [9.17, 15) is 4.79 Å². The maximum absolute atomic E-state index is 11.6. The Hall–Kier alpha value is -3.07. The summed E-state index contributed by atoms with van der Waals surface area (Å²) < 4.78 is 5.15. The van der Waals surface area contributed by atoms with Crippen LogP contribution in [0.25, 0.3) is 11.4 Å². The maximum Gasteiger partial charge on any atom is 0.319 e. The van der Waals surface area contributed by atoms with Crippen LogP contribution in [0.5, 0.6) is 0 Å². The summed E-state index contributed by atoms with van der Waals surface area (Å²) in [6.45, 7) is 5.46. The Kier molecular flexibility index (Phi) is 5.74. The van der Waals surface area contributed by atoms with E-state index < -0.39 is 0 Å². The Morgan fingerprint density at radius 3 is 2.96 bits per heavy atom. The van der Waals surface area contributed by atoms with Gasteiger partial charge in [0.25, 0.3) is 0 Å². The van der Waals surface area contributed by atoms with Gasteiger partial charge in [-0.1, -0.05) is 30.8 Å². The van der Waals surface area contributed by atoms with Crippen molar-refractivity contribution < 1.29 is 9.32 Å². The molecule has 24 heavy (non-hydrogen) atoms. The molecule has 0 aliphatic heterocycles. The number of benzene rings is 1. The van der Waals surface area contributed by atoms with Crippen molar-refractivity contribution in [2.45, 2.75) is 32.2 Å². The van der Waals surface area contributed by atoms with Crippen molar-refractivity contribution in [3.05, 3.63) is 48.0 Å². The van der Waals surface area contributed by atoms with Crippen LogP contribution in [0, 0.1) is 12.8 Å². The number of terminal acetylenes is 1. The van der Waals surface area contributed by atoms with Crippen molar-refractivity contribution in [2.24, 2.45) is 0 Å². The molecule has 0 fully saturated rings. The summed E-state index contributed by atoms with van der Waals surface area (Å²) in [7, 11) is 0.